The Kier molecular flexibility index (Phi) is 5.77. The fraction of sp³-hybridized carbons (Fsp3) is 0.412. The molecule has 1 N–H and O–H groups in total. The minimum absolute atomic E-state index is 0.495. The first-order valence-electron chi connectivity index (χ1n) is 7.13. The largest absolute Gasteiger partial charge is 0.376 e. The molecule has 0 aliphatic carbocycles. The number of hydrogen-bond donors (Lipinski definition) is 1. The SMILES string of the molecule is C=CCCOCc1c(CNC(C)C)sc2ccccc12. The molecule has 0 bridgehead atoms. The Hall–Kier alpha value is -1.16. The smallest absolute Gasteiger partial charge is 0.0734 e. The van der Waals surface area contributed by atoms with Gasteiger partial charge in [0.1, 0.15) is 0 Å². The van der Waals surface area contributed by atoms with Crippen LogP contribution in [0.1, 0.15) is 30.7 Å². The van der Waals surface area contributed by atoms with E-state index in [9.17, 15) is 0 Å². The monoisotopic (exact) mass is 289 g/mol. The molecule has 3 heteroatoms. The van der Waals surface area contributed by atoms with Crippen molar-refractivity contribution < 1.29 is 4.74 Å². The summed E-state index contributed by atoms with van der Waals surface area (Å²) in [4.78, 5) is 1.39. The highest BCUT2D eigenvalue weighted by Gasteiger charge is 2.12. The number of ether oxygens (including phenoxy) is 1. The van der Waals surface area contributed by atoms with Crippen molar-refractivity contribution in [1.82, 2.24) is 5.32 Å². The highest BCUT2D eigenvalue weighted by molar-refractivity contribution is 7.19. The molecule has 2 aromatic rings. The van der Waals surface area contributed by atoms with Crippen LogP contribution in [0.3, 0.4) is 0 Å². The maximum Gasteiger partial charge on any atom is 0.0734 e. The Bertz CT molecular complexity index is 559. The van der Waals surface area contributed by atoms with Gasteiger partial charge in [-0.05, 0) is 17.9 Å². The summed E-state index contributed by atoms with van der Waals surface area (Å²) in [7, 11) is 0. The summed E-state index contributed by atoms with van der Waals surface area (Å²) in [5.74, 6) is 0. The molecule has 2 rings (SSSR count). The van der Waals surface area contributed by atoms with E-state index in [1.54, 1.807) is 0 Å². The van der Waals surface area contributed by atoms with Crippen LogP contribution in [0.2, 0.25) is 0 Å². The van der Waals surface area contributed by atoms with Gasteiger partial charge in [0.25, 0.3) is 0 Å². The summed E-state index contributed by atoms with van der Waals surface area (Å²) < 4.78 is 7.12. The van der Waals surface area contributed by atoms with E-state index in [0.29, 0.717) is 12.6 Å². The highest BCUT2D eigenvalue weighted by atomic mass is 32.1. The van der Waals surface area contributed by atoms with Crippen molar-refractivity contribution in [3.63, 3.8) is 0 Å². The molecule has 0 aliphatic heterocycles. The van der Waals surface area contributed by atoms with E-state index in [0.717, 1.165) is 19.6 Å². The molecule has 0 spiro atoms. The molecule has 0 unspecified atom stereocenters. The molecule has 0 fully saturated rings. The Morgan fingerprint density at radius 3 is 2.90 bits per heavy atom. The predicted molar refractivity (Wildman–Crippen MR) is 88.3 cm³/mol. The van der Waals surface area contributed by atoms with E-state index >= 15 is 0 Å². The van der Waals surface area contributed by atoms with Crippen molar-refractivity contribution in [1.29, 1.82) is 0 Å². The summed E-state index contributed by atoms with van der Waals surface area (Å²) in [6.45, 7) is 10.4. The van der Waals surface area contributed by atoms with Gasteiger partial charge in [0.2, 0.25) is 0 Å². The first-order chi connectivity index (χ1) is 9.72. The predicted octanol–water partition coefficient (Wildman–Crippen LogP) is 4.49. The first kappa shape index (κ1) is 15.2. The molecule has 108 valence electrons. The maximum atomic E-state index is 5.78. The second-order valence-corrected chi connectivity index (χ2v) is 6.30. The number of hydrogen-bond acceptors (Lipinski definition) is 3. The molecule has 1 aromatic carbocycles. The van der Waals surface area contributed by atoms with Crippen molar-refractivity contribution in [3.05, 3.63) is 47.4 Å². The lowest BCUT2D eigenvalue weighted by molar-refractivity contribution is 0.126. The van der Waals surface area contributed by atoms with Gasteiger partial charge in [-0.15, -0.1) is 17.9 Å². The van der Waals surface area contributed by atoms with Crippen LogP contribution in [0.5, 0.6) is 0 Å². The van der Waals surface area contributed by atoms with Crippen LogP contribution in [0.15, 0.2) is 36.9 Å². The van der Waals surface area contributed by atoms with Crippen LogP contribution >= 0.6 is 11.3 Å². The lowest BCUT2D eigenvalue weighted by atomic mass is 10.1. The van der Waals surface area contributed by atoms with E-state index < -0.39 is 0 Å². The van der Waals surface area contributed by atoms with Crippen molar-refractivity contribution in [2.45, 2.75) is 39.5 Å². The molecule has 0 amide bonds. The number of nitrogens with one attached hydrogen (secondary N) is 1. The van der Waals surface area contributed by atoms with Gasteiger partial charge < -0.3 is 10.1 Å². The standard InChI is InChI=1S/C17H23NOS/c1-4-5-10-19-12-15-14-8-6-7-9-16(14)20-17(15)11-18-13(2)3/h4,6-9,13,18H,1,5,10-12H2,2-3H3. The van der Waals surface area contributed by atoms with Crippen LogP contribution in [-0.2, 0) is 17.9 Å². The fourth-order valence-electron chi connectivity index (χ4n) is 2.09. The van der Waals surface area contributed by atoms with E-state index in [-0.39, 0.29) is 0 Å². The third-order valence-electron chi connectivity index (χ3n) is 3.17. The molecule has 20 heavy (non-hydrogen) atoms. The molecule has 0 aliphatic rings. The summed E-state index contributed by atoms with van der Waals surface area (Å²) in [5.41, 5.74) is 1.34. The molecule has 0 radical (unpaired) electrons. The maximum absolute atomic E-state index is 5.78. The van der Waals surface area contributed by atoms with Gasteiger partial charge in [0.05, 0.1) is 13.2 Å². The Morgan fingerprint density at radius 1 is 1.35 bits per heavy atom. The minimum atomic E-state index is 0.495. The van der Waals surface area contributed by atoms with Crippen LogP contribution in [0.4, 0.5) is 0 Å². The Balaban J connectivity index is 2.17. The van der Waals surface area contributed by atoms with Gasteiger partial charge in [0, 0.05) is 27.7 Å². The first-order valence-corrected chi connectivity index (χ1v) is 7.95. The fourth-order valence-corrected chi connectivity index (χ4v) is 3.25. The van der Waals surface area contributed by atoms with Crippen LogP contribution in [0, 0.1) is 0 Å². The molecular weight excluding hydrogens is 266 g/mol. The Morgan fingerprint density at radius 2 is 2.15 bits per heavy atom. The van der Waals surface area contributed by atoms with Crippen LogP contribution in [-0.4, -0.2) is 12.6 Å². The third-order valence-corrected chi connectivity index (χ3v) is 4.38. The van der Waals surface area contributed by atoms with Crippen LogP contribution < -0.4 is 5.32 Å². The molecule has 0 saturated heterocycles. The number of rotatable bonds is 8. The second kappa shape index (κ2) is 7.58. The minimum Gasteiger partial charge on any atom is -0.376 e. The molecule has 2 nitrogen and oxygen atoms in total. The van der Waals surface area contributed by atoms with E-state index in [1.807, 2.05) is 17.4 Å². The molecular formula is C17H23NOS. The normalized spacial score (nSPS) is 11.3. The average Bonchev–Trinajstić information content (AvgIpc) is 2.79. The van der Waals surface area contributed by atoms with Crippen molar-refractivity contribution >= 4 is 21.4 Å². The quantitative estimate of drug-likeness (QED) is 0.571. The van der Waals surface area contributed by atoms with Gasteiger partial charge in [-0.1, -0.05) is 38.1 Å². The topological polar surface area (TPSA) is 21.3 Å². The van der Waals surface area contributed by atoms with Crippen LogP contribution in [0.25, 0.3) is 10.1 Å². The lowest BCUT2D eigenvalue weighted by Crippen LogP contribution is -2.21. The summed E-state index contributed by atoms with van der Waals surface area (Å²) in [6, 6.07) is 9.07. The number of benzene rings is 1. The van der Waals surface area contributed by atoms with E-state index in [2.05, 4.69) is 50.0 Å². The van der Waals surface area contributed by atoms with Gasteiger partial charge in [-0.2, -0.15) is 0 Å². The zero-order valence-electron chi connectivity index (χ0n) is 12.3. The van der Waals surface area contributed by atoms with E-state index in [1.165, 1.54) is 20.5 Å². The molecule has 1 aromatic heterocycles. The average molecular weight is 289 g/mol. The summed E-state index contributed by atoms with van der Waals surface area (Å²) in [6.07, 6.45) is 2.80. The van der Waals surface area contributed by atoms with Crippen molar-refractivity contribution in [2.24, 2.45) is 0 Å². The van der Waals surface area contributed by atoms with Crippen molar-refractivity contribution in [2.75, 3.05) is 6.61 Å². The van der Waals surface area contributed by atoms with Gasteiger partial charge >= 0.3 is 0 Å². The summed E-state index contributed by atoms with van der Waals surface area (Å²) >= 11 is 1.87. The Labute approximate surface area is 125 Å². The highest BCUT2D eigenvalue weighted by Crippen LogP contribution is 2.31. The van der Waals surface area contributed by atoms with E-state index in [4.69, 9.17) is 4.74 Å². The molecule has 0 atom stereocenters. The number of fused-ring (bicyclic) bond motifs is 1. The van der Waals surface area contributed by atoms with Gasteiger partial charge in [-0.25, -0.2) is 0 Å². The third kappa shape index (κ3) is 3.92. The number of thiophene rings is 1. The summed E-state index contributed by atoms with van der Waals surface area (Å²) in [5, 5.41) is 4.83. The second-order valence-electron chi connectivity index (χ2n) is 5.17. The molecule has 1 heterocycles. The van der Waals surface area contributed by atoms with Crippen molar-refractivity contribution in [3.8, 4) is 0 Å². The van der Waals surface area contributed by atoms with Gasteiger partial charge in [-0.3, -0.25) is 0 Å². The lowest BCUT2D eigenvalue weighted by Gasteiger charge is -2.09. The zero-order chi connectivity index (χ0) is 14.4. The molecule has 0 saturated carbocycles. The van der Waals surface area contributed by atoms with Gasteiger partial charge in [0.15, 0.2) is 0 Å². The zero-order valence-corrected chi connectivity index (χ0v) is 13.1.